The van der Waals surface area contributed by atoms with Crippen molar-refractivity contribution in [3.63, 3.8) is 0 Å². The summed E-state index contributed by atoms with van der Waals surface area (Å²) in [5, 5.41) is 22.6. The molecule has 1 unspecified atom stereocenters. The van der Waals surface area contributed by atoms with Crippen LogP contribution >= 0.6 is 0 Å². The summed E-state index contributed by atoms with van der Waals surface area (Å²) in [6, 6.07) is 4.67. The molecule has 0 heterocycles. The van der Waals surface area contributed by atoms with Gasteiger partial charge in [0.05, 0.1) is 18.3 Å². The van der Waals surface area contributed by atoms with Crippen LogP contribution in [0, 0.1) is 0 Å². The number of aromatic hydroxyl groups is 1. The number of carbonyl (C=O) groups excluding carboxylic acids is 1. The van der Waals surface area contributed by atoms with E-state index in [4.69, 9.17) is 4.74 Å². The van der Waals surface area contributed by atoms with Crippen LogP contribution in [0.1, 0.15) is 17.3 Å². The summed E-state index contributed by atoms with van der Waals surface area (Å²) in [5.41, 5.74) is -0.932. The number of carbonyl (C=O) groups is 1. The molecule has 0 aliphatic rings. The summed E-state index contributed by atoms with van der Waals surface area (Å²) in [7, 11) is 5.09. The van der Waals surface area contributed by atoms with Crippen molar-refractivity contribution in [1.29, 1.82) is 0 Å². The van der Waals surface area contributed by atoms with Crippen LogP contribution in [0.2, 0.25) is 0 Å². The molecule has 0 aromatic heterocycles. The second-order valence-electron chi connectivity index (χ2n) is 5.27. The number of benzene rings is 1. The monoisotopic (exact) mass is 282 g/mol. The summed E-state index contributed by atoms with van der Waals surface area (Å²) < 4.78 is 4.95. The number of hydrogen-bond donors (Lipinski definition) is 3. The van der Waals surface area contributed by atoms with Crippen LogP contribution in [0.15, 0.2) is 18.2 Å². The van der Waals surface area contributed by atoms with Gasteiger partial charge >= 0.3 is 0 Å². The Morgan fingerprint density at radius 3 is 2.65 bits per heavy atom. The van der Waals surface area contributed by atoms with E-state index in [2.05, 4.69) is 5.32 Å². The maximum absolute atomic E-state index is 12.0. The number of para-hydroxylation sites is 1. The Morgan fingerprint density at radius 2 is 2.10 bits per heavy atom. The molecule has 0 spiro atoms. The molecule has 1 aromatic carbocycles. The lowest BCUT2D eigenvalue weighted by atomic mass is 10.1. The van der Waals surface area contributed by atoms with Crippen molar-refractivity contribution in [1.82, 2.24) is 10.2 Å². The Hall–Kier alpha value is -1.79. The Bertz CT molecular complexity index is 472. The first-order chi connectivity index (χ1) is 9.26. The molecule has 0 saturated carbocycles. The summed E-state index contributed by atoms with van der Waals surface area (Å²) in [6.07, 6.45) is 0. The first kappa shape index (κ1) is 16.3. The van der Waals surface area contributed by atoms with E-state index >= 15 is 0 Å². The molecule has 1 atom stereocenters. The van der Waals surface area contributed by atoms with Crippen molar-refractivity contribution in [3.05, 3.63) is 23.8 Å². The highest BCUT2D eigenvalue weighted by Gasteiger charge is 2.23. The molecule has 0 saturated heterocycles. The summed E-state index contributed by atoms with van der Waals surface area (Å²) in [5.74, 6) is -0.433. The van der Waals surface area contributed by atoms with Gasteiger partial charge in [-0.3, -0.25) is 4.79 Å². The minimum atomic E-state index is -1.05. The fourth-order valence-corrected chi connectivity index (χ4v) is 1.97. The molecule has 3 N–H and O–H groups in total. The summed E-state index contributed by atoms with van der Waals surface area (Å²) in [6.45, 7) is 2.14. The number of methoxy groups -OCH3 is 1. The molecule has 6 nitrogen and oxygen atoms in total. The number of nitrogens with one attached hydrogen (secondary N) is 1. The number of phenolic OH excluding ortho intramolecular Hbond substituents is 1. The molecule has 0 radical (unpaired) electrons. The highest BCUT2D eigenvalue weighted by atomic mass is 16.5. The van der Waals surface area contributed by atoms with Crippen LogP contribution in [0.25, 0.3) is 0 Å². The van der Waals surface area contributed by atoms with Gasteiger partial charge < -0.3 is 25.2 Å². The van der Waals surface area contributed by atoms with E-state index in [1.54, 1.807) is 19.1 Å². The molecule has 0 fully saturated rings. The number of ether oxygens (including phenoxy) is 1. The van der Waals surface area contributed by atoms with Gasteiger partial charge in [0.15, 0.2) is 11.5 Å². The molecule has 112 valence electrons. The molecule has 1 aromatic rings. The van der Waals surface area contributed by atoms with Crippen LogP contribution < -0.4 is 10.1 Å². The molecule has 0 aliphatic carbocycles. The third kappa shape index (κ3) is 4.40. The smallest absolute Gasteiger partial charge is 0.255 e. The van der Waals surface area contributed by atoms with Crippen LogP contribution in [0.5, 0.6) is 11.5 Å². The first-order valence-electron chi connectivity index (χ1n) is 6.28. The molecule has 0 aliphatic heterocycles. The number of aliphatic hydroxyl groups is 1. The fraction of sp³-hybridized carbons (Fsp3) is 0.500. The molecule has 0 bridgehead atoms. The molecular formula is C14H22N2O4. The lowest BCUT2D eigenvalue weighted by molar-refractivity contribution is 0.0325. The number of nitrogens with zero attached hydrogens (tertiary/aromatic N) is 1. The van der Waals surface area contributed by atoms with Gasteiger partial charge in [0.25, 0.3) is 5.91 Å². The van der Waals surface area contributed by atoms with Crippen LogP contribution in [0.3, 0.4) is 0 Å². The first-order valence-corrected chi connectivity index (χ1v) is 6.28. The van der Waals surface area contributed by atoms with E-state index < -0.39 is 11.5 Å². The van der Waals surface area contributed by atoms with Gasteiger partial charge in [-0.05, 0) is 33.2 Å². The predicted molar refractivity (Wildman–Crippen MR) is 76.2 cm³/mol. The van der Waals surface area contributed by atoms with Crippen LogP contribution in [0.4, 0.5) is 0 Å². The number of likely N-dealkylation sites (N-methyl/N-ethyl adjacent to an activating group) is 1. The van der Waals surface area contributed by atoms with Crippen molar-refractivity contribution in [2.75, 3.05) is 34.3 Å². The number of rotatable bonds is 6. The molecule has 1 rings (SSSR count). The predicted octanol–water partition coefficient (Wildman–Crippen LogP) is 0.443. The summed E-state index contributed by atoms with van der Waals surface area (Å²) >= 11 is 0. The molecule has 1 amide bonds. The second kappa shape index (κ2) is 6.58. The standard InChI is InChI=1S/C14H22N2O4/c1-14(19,9-16(2)3)8-15-13(18)10-6-5-7-11(20-4)12(10)17/h5-7,17,19H,8-9H2,1-4H3,(H,15,18). The second-order valence-corrected chi connectivity index (χ2v) is 5.27. The van der Waals surface area contributed by atoms with Gasteiger partial charge in [0.1, 0.15) is 0 Å². The van der Waals surface area contributed by atoms with Crippen LogP contribution in [-0.2, 0) is 0 Å². The lowest BCUT2D eigenvalue weighted by Gasteiger charge is -2.27. The third-order valence-electron chi connectivity index (χ3n) is 2.75. The van der Waals surface area contributed by atoms with Crippen molar-refractivity contribution in [2.24, 2.45) is 0 Å². The Balaban J connectivity index is 2.73. The van der Waals surface area contributed by atoms with Crippen molar-refractivity contribution >= 4 is 5.91 Å². The van der Waals surface area contributed by atoms with Crippen LogP contribution in [-0.4, -0.2) is 60.9 Å². The SMILES string of the molecule is COc1cccc(C(=O)NCC(C)(O)CN(C)C)c1O. The zero-order valence-electron chi connectivity index (χ0n) is 12.3. The van der Waals surface area contributed by atoms with Crippen molar-refractivity contribution in [2.45, 2.75) is 12.5 Å². The minimum Gasteiger partial charge on any atom is -0.504 e. The Labute approximate surface area is 119 Å². The van der Waals surface area contributed by atoms with E-state index in [1.807, 2.05) is 19.0 Å². The zero-order chi connectivity index (χ0) is 15.3. The number of hydrogen-bond acceptors (Lipinski definition) is 5. The highest BCUT2D eigenvalue weighted by molar-refractivity contribution is 5.97. The normalized spacial score (nSPS) is 13.9. The zero-order valence-corrected chi connectivity index (χ0v) is 12.3. The van der Waals surface area contributed by atoms with E-state index in [1.165, 1.54) is 13.2 Å². The van der Waals surface area contributed by atoms with E-state index in [-0.39, 0.29) is 23.6 Å². The third-order valence-corrected chi connectivity index (χ3v) is 2.75. The highest BCUT2D eigenvalue weighted by Crippen LogP contribution is 2.29. The molecule has 6 heteroatoms. The largest absolute Gasteiger partial charge is 0.504 e. The summed E-state index contributed by atoms with van der Waals surface area (Å²) in [4.78, 5) is 13.8. The van der Waals surface area contributed by atoms with Gasteiger partial charge in [-0.1, -0.05) is 6.07 Å². The maximum atomic E-state index is 12.0. The quantitative estimate of drug-likeness (QED) is 0.705. The average Bonchev–Trinajstić information content (AvgIpc) is 2.35. The topological polar surface area (TPSA) is 82.0 Å². The molecular weight excluding hydrogens is 260 g/mol. The van der Waals surface area contributed by atoms with Gasteiger partial charge in [-0.2, -0.15) is 0 Å². The van der Waals surface area contributed by atoms with E-state index in [0.717, 1.165) is 0 Å². The van der Waals surface area contributed by atoms with E-state index in [9.17, 15) is 15.0 Å². The number of amides is 1. The maximum Gasteiger partial charge on any atom is 0.255 e. The van der Waals surface area contributed by atoms with Gasteiger partial charge in [-0.25, -0.2) is 0 Å². The van der Waals surface area contributed by atoms with Crippen molar-refractivity contribution < 1.29 is 19.7 Å². The molecule has 20 heavy (non-hydrogen) atoms. The number of phenols is 1. The average molecular weight is 282 g/mol. The van der Waals surface area contributed by atoms with Gasteiger partial charge in [0, 0.05) is 13.1 Å². The Kier molecular flexibility index (Phi) is 5.35. The van der Waals surface area contributed by atoms with Crippen molar-refractivity contribution in [3.8, 4) is 11.5 Å². The minimum absolute atomic E-state index is 0.0840. The fourth-order valence-electron chi connectivity index (χ4n) is 1.97. The van der Waals surface area contributed by atoms with E-state index in [0.29, 0.717) is 6.54 Å². The lowest BCUT2D eigenvalue weighted by Crippen LogP contribution is -2.47. The Morgan fingerprint density at radius 1 is 1.45 bits per heavy atom. The van der Waals surface area contributed by atoms with Gasteiger partial charge in [-0.15, -0.1) is 0 Å². The van der Waals surface area contributed by atoms with Gasteiger partial charge in [0.2, 0.25) is 0 Å².